The Balaban J connectivity index is 2.00. The number of esters is 1. The van der Waals surface area contributed by atoms with Crippen LogP contribution in [0.3, 0.4) is 0 Å². The van der Waals surface area contributed by atoms with Gasteiger partial charge < -0.3 is 19.9 Å². The maximum Gasteiger partial charge on any atom is 0.308 e. The van der Waals surface area contributed by atoms with Crippen molar-refractivity contribution in [3.05, 3.63) is 92.9 Å². The van der Waals surface area contributed by atoms with Gasteiger partial charge in [0.1, 0.15) is 11.7 Å². The number of aryl methyl sites for hydroxylation is 2. The highest BCUT2D eigenvalue weighted by Gasteiger charge is 2.29. The Morgan fingerprint density at radius 2 is 1.63 bits per heavy atom. The Labute approximate surface area is 237 Å². The number of amides is 2. The summed E-state index contributed by atoms with van der Waals surface area (Å²) in [6.07, 6.45) is 0.246. The summed E-state index contributed by atoms with van der Waals surface area (Å²) in [6, 6.07) is 9.86. The molecule has 2 N–H and O–H groups in total. The SMILES string of the molecule is CCC[C@H](NC(=O)c1cccc(=O)n1C)C(=O)N[C@@H](CC(=O)OCC)c1cc(-c2c(C)cccc2C)cc(F)c1F. The monoisotopic (exact) mass is 567 g/mol. The zero-order chi connectivity index (χ0) is 30.3. The molecule has 2 atom stereocenters. The summed E-state index contributed by atoms with van der Waals surface area (Å²) < 4.78 is 36.5. The third kappa shape index (κ3) is 7.45. The largest absolute Gasteiger partial charge is 0.466 e. The van der Waals surface area contributed by atoms with Crippen molar-refractivity contribution in [2.24, 2.45) is 7.05 Å². The van der Waals surface area contributed by atoms with Crippen LogP contribution >= 0.6 is 0 Å². The summed E-state index contributed by atoms with van der Waals surface area (Å²) in [5.41, 5.74) is 2.20. The molecule has 3 rings (SSSR count). The van der Waals surface area contributed by atoms with Crippen molar-refractivity contribution in [3.8, 4) is 11.1 Å². The van der Waals surface area contributed by atoms with Gasteiger partial charge in [-0.2, -0.15) is 0 Å². The third-order valence-electron chi connectivity index (χ3n) is 6.81. The van der Waals surface area contributed by atoms with Gasteiger partial charge >= 0.3 is 5.97 Å². The van der Waals surface area contributed by atoms with Crippen LogP contribution in [0.2, 0.25) is 0 Å². The summed E-state index contributed by atoms with van der Waals surface area (Å²) in [4.78, 5) is 50.9. The molecule has 0 aliphatic carbocycles. The zero-order valence-corrected chi connectivity index (χ0v) is 23.8. The lowest BCUT2D eigenvalue weighted by Gasteiger charge is -2.24. The summed E-state index contributed by atoms with van der Waals surface area (Å²) in [5, 5.41) is 5.26. The van der Waals surface area contributed by atoms with Gasteiger partial charge in [0.2, 0.25) is 5.91 Å². The molecule has 8 nitrogen and oxygen atoms in total. The van der Waals surface area contributed by atoms with E-state index in [1.54, 1.807) is 6.92 Å². The van der Waals surface area contributed by atoms with Crippen LogP contribution < -0.4 is 16.2 Å². The molecule has 0 saturated heterocycles. The fourth-order valence-electron chi connectivity index (χ4n) is 4.76. The number of benzene rings is 2. The molecule has 0 radical (unpaired) electrons. The number of carbonyl (C=O) groups excluding carboxylic acids is 3. The van der Waals surface area contributed by atoms with Crippen LogP contribution in [0, 0.1) is 25.5 Å². The molecule has 2 aromatic carbocycles. The van der Waals surface area contributed by atoms with Crippen LogP contribution in [-0.2, 0) is 21.4 Å². The van der Waals surface area contributed by atoms with Gasteiger partial charge in [-0.15, -0.1) is 0 Å². The van der Waals surface area contributed by atoms with Crippen LogP contribution in [0.5, 0.6) is 0 Å². The average Bonchev–Trinajstić information content (AvgIpc) is 2.91. The van der Waals surface area contributed by atoms with E-state index in [4.69, 9.17) is 4.74 Å². The van der Waals surface area contributed by atoms with Gasteiger partial charge in [-0.05, 0) is 67.6 Å². The van der Waals surface area contributed by atoms with Gasteiger partial charge in [-0.25, -0.2) is 8.78 Å². The molecular weight excluding hydrogens is 532 g/mol. The van der Waals surface area contributed by atoms with Crippen LogP contribution in [-0.4, -0.2) is 35.0 Å². The lowest BCUT2D eigenvalue weighted by atomic mass is 9.92. The fraction of sp³-hybridized carbons (Fsp3) is 0.355. The Hall–Kier alpha value is -4.34. The molecule has 2 amide bonds. The molecule has 0 fully saturated rings. The Bertz CT molecular complexity index is 1480. The number of ether oxygens (including phenoxy) is 1. The molecule has 10 heteroatoms. The number of hydrogen-bond donors (Lipinski definition) is 2. The first-order chi connectivity index (χ1) is 19.5. The minimum absolute atomic E-state index is 0.0453. The van der Waals surface area contributed by atoms with Gasteiger partial charge in [-0.1, -0.05) is 37.6 Å². The van der Waals surface area contributed by atoms with Crippen LogP contribution in [0.15, 0.2) is 53.3 Å². The normalized spacial score (nSPS) is 12.4. The molecule has 0 aliphatic heterocycles. The molecule has 218 valence electrons. The van der Waals surface area contributed by atoms with E-state index < -0.39 is 53.5 Å². The highest BCUT2D eigenvalue weighted by molar-refractivity contribution is 5.96. The fourth-order valence-corrected chi connectivity index (χ4v) is 4.76. The van der Waals surface area contributed by atoms with Crippen molar-refractivity contribution in [3.63, 3.8) is 0 Å². The van der Waals surface area contributed by atoms with Crippen LogP contribution in [0.1, 0.15) is 66.3 Å². The second kappa shape index (κ2) is 13.8. The van der Waals surface area contributed by atoms with E-state index in [0.29, 0.717) is 17.5 Å². The smallest absolute Gasteiger partial charge is 0.308 e. The van der Waals surface area contributed by atoms with Crippen molar-refractivity contribution in [2.75, 3.05) is 6.61 Å². The summed E-state index contributed by atoms with van der Waals surface area (Å²) in [5.74, 6) is -4.41. The first-order valence-corrected chi connectivity index (χ1v) is 13.5. The highest BCUT2D eigenvalue weighted by atomic mass is 19.2. The Morgan fingerprint density at radius 1 is 0.976 bits per heavy atom. The second-order valence-corrected chi connectivity index (χ2v) is 9.82. The molecular formula is C31H35F2N3O5. The van der Waals surface area contributed by atoms with Gasteiger partial charge in [0.05, 0.1) is 19.1 Å². The molecule has 0 saturated carbocycles. The summed E-state index contributed by atoms with van der Waals surface area (Å²) in [6.45, 7) is 7.17. The predicted molar refractivity (Wildman–Crippen MR) is 151 cm³/mol. The van der Waals surface area contributed by atoms with E-state index in [0.717, 1.165) is 21.8 Å². The molecule has 3 aromatic rings. The zero-order valence-electron chi connectivity index (χ0n) is 23.8. The second-order valence-electron chi connectivity index (χ2n) is 9.82. The average molecular weight is 568 g/mol. The quantitative estimate of drug-likeness (QED) is 0.328. The number of rotatable bonds is 11. The number of hydrogen-bond acceptors (Lipinski definition) is 5. The van der Waals surface area contributed by atoms with E-state index >= 15 is 4.39 Å². The molecule has 0 spiro atoms. The number of aromatic nitrogens is 1. The standard InChI is InChI=1S/C31H35F2N3O5/c1-6-10-23(34-31(40)25-13-9-14-26(37)36(25)5)30(39)35-24(17-27(38)41-7-2)21-15-20(16-22(32)29(21)33)28-18(3)11-8-12-19(28)4/h8-9,11-16,23-24H,6-7,10,17H2,1-5H3,(H,34,40)(H,35,39)/t23-,24-/m0/s1. The third-order valence-corrected chi connectivity index (χ3v) is 6.81. The maximum absolute atomic E-state index is 15.3. The van der Waals surface area contributed by atoms with Crippen molar-refractivity contribution < 1.29 is 27.9 Å². The Kier molecular flexibility index (Phi) is 10.5. The minimum atomic E-state index is -1.29. The lowest BCUT2D eigenvalue weighted by molar-refractivity contribution is -0.143. The topological polar surface area (TPSA) is 107 Å². The van der Waals surface area contributed by atoms with E-state index in [2.05, 4.69) is 10.6 Å². The lowest BCUT2D eigenvalue weighted by Crippen LogP contribution is -2.48. The first-order valence-electron chi connectivity index (χ1n) is 13.5. The van der Waals surface area contributed by atoms with Gasteiger partial charge in [-0.3, -0.25) is 19.2 Å². The van der Waals surface area contributed by atoms with E-state index in [-0.39, 0.29) is 24.3 Å². The number of carbonyl (C=O) groups is 3. The van der Waals surface area contributed by atoms with Gasteiger partial charge in [0.25, 0.3) is 11.5 Å². The number of nitrogens with zero attached hydrogens (tertiary/aromatic N) is 1. The molecule has 0 unspecified atom stereocenters. The number of pyridine rings is 1. The van der Waals surface area contributed by atoms with E-state index in [9.17, 15) is 23.6 Å². The first kappa shape index (κ1) is 31.2. The minimum Gasteiger partial charge on any atom is -0.466 e. The van der Waals surface area contributed by atoms with Crippen LogP contribution in [0.25, 0.3) is 11.1 Å². The van der Waals surface area contributed by atoms with Crippen molar-refractivity contribution in [2.45, 2.75) is 59.0 Å². The van der Waals surface area contributed by atoms with E-state index in [1.807, 2.05) is 39.0 Å². The molecule has 1 heterocycles. The van der Waals surface area contributed by atoms with Gasteiger partial charge in [0.15, 0.2) is 11.6 Å². The summed E-state index contributed by atoms with van der Waals surface area (Å²) in [7, 11) is 1.43. The van der Waals surface area contributed by atoms with Crippen molar-refractivity contribution in [1.29, 1.82) is 0 Å². The molecule has 0 bridgehead atoms. The summed E-state index contributed by atoms with van der Waals surface area (Å²) >= 11 is 0. The number of nitrogens with one attached hydrogen (secondary N) is 2. The predicted octanol–water partition coefficient (Wildman–Crippen LogP) is 4.66. The molecule has 1 aromatic heterocycles. The number of halogens is 2. The molecule has 0 aliphatic rings. The molecule has 41 heavy (non-hydrogen) atoms. The van der Waals surface area contributed by atoms with Crippen LogP contribution in [0.4, 0.5) is 8.78 Å². The highest BCUT2D eigenvalue weighted by Crippen LogP contribution is 2.33. The maximum atomic E-state index is 15.3. The van der Waals surface area contributed by atoms with Crippen molar-refractivity contribution >= 4 is 17.8 Å². The Morgan fingerprint density at radius 3 is 2.27 bits per heavy atom. The van der Waals surface area contributed by atoms with E-state index in [1.165, 1.54) is 31.3 Å². The van der Waals surface area contributed by atoms with Crippen molar-refractivity contribution in [1.82, 2.24) is 15.2 Å². The van der Waals surface area contributed by atoms with Gasteiger partial charge in [0, 0.05) is 18.7 Å².